The van der Waals surface area contributed by atoms with E-state index in [2.05, 4.69) is 5.32 Å². The molecule has 1 aliphatic rings. The second-order valence-electron chi connectivity index (χ2n) is 4.78. The van der Waals surface area contributed by atoms with Gasteiger partial charge in [-0.2, -0.15) is 18.4 Å². The number of nitrogens with one attached hydrogen (secondary N) is 1. The zero-order chi connectivity index (χ0) is 16.3. The van der Waals surface area contributed by atoms with Gasteiger partial charge in [0.25, 0.3) is 0 Å². The molecule has 1 atom stereocenters. The van der Waals surface area contributed by atoms with Gasteiger partial charge in [0.2, 0.25) is 5.91 Å². The highest BCUT2D eigenvalue weighted by Gasteiger charge is 2.33. The molecule has 3 amide bonds. The van der Waals surface area contributed by atoms with Crippen molar-refractivity contribution in [1.29, 1.82) is 5.26 Å². The molecular formula is C14H12F3N3O2. The molecule has 1 N–H and O–H groups in total. The minimum absolute atomic E-state index is 0.000891. The third-order valence-corrected chi connectivity index (χ3v) is 3.31. The van der Waals surface area contributed by atoms with Crippen LogP contribution in [0.15, 0.2) is 24.3 Å². The lowest BCUT2D eigenvalue weighted by atomic mass is 10.00. The molecule has 2 rings (SSSR count). The van der Waals surface area contributed by atoms with Crippen LogP contribution in [-0.4, -0.2) is 23.4 Å². The first kappa shape index (κ1) is 15.8. The van der Waals surface area contributed by atoms with E-state index < -0.39 is 29.7 Å². The fraction of sp³-hybridized carbons (Fsp3) is 0.357. The summed E-state index contributed by atoms with van der Waals surface area (Å²) >= 11 is 0. The van der Waals surface area contributed by atoms with Crippen LogP contribution >= 0.6 is 0 Å². The van der Waals surface area contributed by atoms with Crippen molar-refractivity contribution in [2.24, 2.45) is 0 Å². The van der Waals surface area contributed by atoms with Crippen molar-refractivity contribution in [2.45, 2.75) is 25.1 Å². The van der Waals surface area contributed by atoms with Crippen molar-refractivity contribution in [1.82, 2.24) is 10.2 Å². The van der Waals surface area contributed by atoms with E-state index in [0.717, 1.165) is 17.0 Å². The number of nitriles is 1. The van der Waals surface area contributed by atoms with E-state index in [1.54, 1.807) is 0 Å². The number of benzene rings is 1. The molecule has 1 heterocycles. The molecular weight excluding hydrogens is 299 g/mol. The molecule has 0 aliphatic carbocycles. The molecule has 0 aromatic heterocycles. The van der Waals surface area contributed by atoms with Crippen LogP contribution in [0, 0.1) is 11.3 Å². The van der Waals surface area contributed by atoms with Gasteiger partial charge < -0.3 is 5.32 Å². The minimum Gasteiger partial charge on any atom is -0.330 e. The Morgan fingerprint density at radius 2 is 1.91 bits per heavy atom. The van der Waals surface area contributed by atoms with Crippen molar-refractivity contribution in [2.75, 3.05) is 6.54 Å². The van der Waals surface area contributed by atoms with Crippen molar-refractivity contribution in [3.63, 3.8) is 0 Å². The summed E-state index contributed by atoms with van der Waals surface area (Å²) in [6.07, 6.45) is -4.45. The number of hydrogen-bond donors (Lipinski definition) is 1. The number of imide groups is 1. The average molecular weight is 311 g/mol. The van der Waals surface area contributed by atoms with E-state index in [1.807, 2.05) is 6.07 Å². The van der Waals surface area contributed by atoms with Crippen LogP contribution < -0.4 is 5.32 Å². The number of urea groups is 1. The maximum atomic E-state index is 12.5. The molecule has 22 heavy (non-hydrogen) atoms. The number of halogens is 3. The van der Waals surface area contributed by atoms with Gasteiger partial charge in [0.1, 0.15) is 0 Å². The van der Waals surface area contributed by atoms with Crippen LogP contribution in [0.2, 0.25) is 0 Å². The maximum Gasteiger partial charge on any atom is 0.416 e. The number of carbonyl (C=O) groups excluding carboxylic acids is 2. The van der Waals surface area contributed by atoms with Crippen molar-refractivity contribution in [3.8, 4) is 6.07 Å². The Kier molecular flexibility index (Phi) is 4.35. The number of hydrogen-bond acceptors (Lipinski definition) is 3. The second kappa shape index (κ2) is 6.05. The molecule has 1 fully saturated rings. The Morgan fingerprint density at radius 3 is 2.41 bits per heavy atom. The second-order valence-corrected chi connectivity index (χ2v) is 4.78. The van der Waals surface area contributed by atoms with Crippen LogP contribution in [-0.2, 0) is 11.0 Å². The zero-order valence-electron chi connectivity index (χ0n) is 11.4. The van der Waals surface area contributed by atoms with Gasteiger partial charge in [0.15, 0.2) is 0 Å². The predicted octanol–water partition coefficient (Wildman–Crippen LogP) is 2.60. The van der Waals surface area contributed by atoms with E-state index in [1.165, 1.54) is 12.1 Å². The highest BCUT2D eigenvalue weighted by atomic mass is 19.4. The molecule has 0 bridgehead atoms. The highest BCUT2D eigenvalue weighted by molar-refractivity contribution is 5.97. The first-order valence-electron chi connectivity index (χ1n) is 6.48. The van der Waals surface area contributed by atoms with Crippen LogP contribution in [0.1, 0.15) is 30.0 Å². The van der Waals surface area contributed by atoms with E-state index in [9.17, 15) is 22.8 Å². The largest absolute Gasteiger partial charge is 0.416 e. The van der Waals surface area contributed by atoms with Gasteiger partial charge >= 0.3 is 12.2 Å². The number of alkyl halides is 3. The monoisotopic (exact) mass is 311 g/mol. The molecule has 1 aromatic rings. The lowest BCUT2D eigenvalue weighted by Gasteiger charge is -2.31. The Balaban J connectivity index is 2.11. The van der Waals surface area contributed by atoms with Crippen molar-refractivity contribution >= 4 is 11.9 Å². The lowest BCUT2D eigenvalue weighted by molar-refractivity contribution is -0.137. The first-order valence-corrected chi connectivity index (χ1v) is 6.48. The number of amides is 3. The highest BCUT2D eigenvalue weighted by Crippen LogP contribution is 2.31. The molecule has 1 saturated heterocycles. The summed E-state index contributed by atoms with van der Waals surface area (Å²) in [5.74, 6) is -0.455. The summed E-state index contributed by atoms with van der Waals surface area (Å²) in [5, 5.41) is 11.0. The van der Waals surface area contributed by atoms with Crippen molar-refractivity contribution < 1.29 is 22.8 Å². The van der Waals surface area contributed by atoms with Crippen LogP contribution in [0.4, 0.5) is 18.0 Å². The number of rotatable bonds is 3. The van der Waals surface area contributed by atoms with Gasteiger partial charge in [-0.1, -0.05) is 12.1 Å². The van der Waals surface area contributed by atoms with E-state index >= 15 is 0 Å². The Labute approximate surface area is 124 Å². The molecule has 0 radical (unpaired) electrons. The van der Waals surface area contributed by atoms with Gasteiger partial charge in [-0.05, 0) is 17.7 Å². The average Bonchev–Trinajstić information content (AvgIpc) is 2.45. The maximum absolute atomic E-state index is 12.5. The molecule has 8 heteroatoms. The SMILES string of the molecule is N#CCCN1C(=O)CC(c2ccc(C(F)(F)F)cc2)NC1=O. The summed E-state index contributed by atoms with van der Waals surface area (Å²) in [7, 11) is 0. The van der Waals surface area contributed by atoms with Gasteiger partial charge in [-0.25, -0.2) is 4.79 Å². The Hall–Kier alpha value is -2.56. The van der Waals surface area contributed by atoms with Crippen LogP contribution in [0.25, 0.3) is 0 Å². The summed E-state index contributed by atoms with van der Waals surface area (Å²) in [6.45, 7) is 0.000891. The Morgan fingerprint density at radius 1 is 1.27 bits per heavy atom. The Bertz CT molecular complexity index is 602. The predicted molar refractivity (Wildman–Crippen MR) is 69.3 cm³/mol. The first-order chi connectivity index (χ1) is 10.3. The molecule has 5 nitrogen and oxygen atoms in total. The molecule has 1 aliphatic heterocycles. The van der Waals surface area contributed by atoms with Crippen LogP contribution in [0.3, 0.4) is 0 Å². The standard InChI is InChI=1S/C14H12F3N3O2/c15-14(16,17)10-4-2-9(3-5-10)11-8-12(21)20(7-1-6-18)13(22)19-11/h2-5,11H,1,7-8H2,(H,19,22). The zero-order valence-corrected chi connectivity index (χ0v) is 11.4. The van der Waals surface area contributed by atoms with E-state index in [-0.39, 0.29) is 19.4 Å². The van der Waals surface area contributed by atoms with Gasteiger partial charge in [0, 0.05) is 6.54 Å². The fourth-order valence-corrected chi connectivity index (χ4v) is 2.17. The summed E-state index contributed by atoms with van der Waals surface area (Å²) in [5.41, 5.74) is -0.366. The van der Waals surface area contributed by atoms with E-state index in [4.69, 9.17) is 5.26 Å². The molecule has 0 spiro atoms. The summed E-state index contributed by atoms with van der Waals surface area (Å²) in [4.78, 5) is 24.7. The quantitative estimate of drug-likeness (QED) is 0.932. The molecule has 116 valence electrons. The third kappa shape index (κ3) is 3.36. The normalized spacial score (nSPS) is 18.8. The fourth-order valence-electron chi connectivity index (χ4n) is 2.17. The smallest absolute Gasteiger partial charge is 0.330 e. The summed E-state index contributed by atoms with van der Waals surface area (Å²) in [6, 6.07) is 4.84. The lowest BCUT2D eigenvalue weighted by Crippen LogP contribution is -2.51. The third-order valence-electron chi connectivity index (χ3n) is 3.31. The number of nitrogens with zero attached hydrogens (tertiary/aromatic N) is 2. The van der Waals surface area contributed by atoms with Gasteiger partial charge in [-0.15, -0.1) is 0 Å². The van der Waals surface area contributed by atoms with Gasteiger partial charge in [0.05, 0.1) is 30.5 Å². The molecule has 0 saturated carbocycles. The summed E-state index contributed by atoms with van der Waals surface area (Å²) < 4.78 is 37.5. The molecule has 1 unspecified atom stereocenters. The van der Waals surface area contributed by atoms with Gasteiger partial charge in [-0.3, -0.25) is 9.69 Å². The van der Waals surface area contributed by atoms with E-state index in [0.29, 0.717) is 5.56 Å². The minimum atomic E-state index is -4.43. The topological polar surface area (TPSA) is 73.2 Å². The molecule has 1 aromatic carbocycles. The van der Waals surface area contributed by atoms with Crippen LogP contribution in [0.5, 0.6) is 0 Å². The number of carbonyl (C=O) groups is 2. The van der Waals surface area contributed by atoms with Crippen molar-refractivity contribution in [3.05, 3.63) is 35.4 Å².